The SMILES string of the molecule is COc1cccc(OCC(=O)Nc2ccc(NC(C)C)nc2)c1. The van der Waals surface area contributed by atoms with E-state index in [4.69, 9.17) is 9.47 Å². The van der Waals surface area contributed by atoms with Crippen LogP contribution in [0.1, 0.15) is 13.8 Å². The molecule has 23 heavy (non-hydrogen) atoms. The number of amides is 1. The van der Waals surface area contributed by atoms with Crippen molar-refractivity contribution in [2.24, 2.45) is 0 Å². The van der Waals surface area contributed by atoms with Crippen molar-refractivity contribution >= 4 is 17.4 Å². The van der Waals surface area contributed by atoms with Crippen molar-refractivity contribution in [1.82, 2.24) is 4.98 Å². The van der Waals surface area contributed by atoms with E-state index in [1.54, 1.807) is 37.6 Å². The fourth-order valence-corrected chi connectivity index (χ4v) is 1.89. The zero-order valence-corrected chi connectivity index (χ0v) is 13.5. The van der Waals surface area contributed by atoms with E-state index in [-0.39, 0.29) is 12.5 Å². The molecule has 6 nitrogen and oxygen atoms in total. The summed E-state index contributed by atoms with van der Waals surface area (Å²) in [4.78, 5) is 16.1. The molecule has 1 amide bonds. The minimum absolute atomic E-state index is 0.0842. The predicted molar refractivity (Wildman–Crippen MR) is 90.1 cm³/mol. The predicted octanol–water partition coefficient (Wildman–Crippen LogP) is 2.93. The van der Waals surface area contributed by atoms with Gasteiger partial charge in [-0.05, 0) is 38.1 Å². The van der Waals surface area contributed by atoms with Gasteiger partial charge in [-0.2, -0.15) is 0 Å². The molecular weight excluding hydrogens is 294 g/mol. The van der Waals surface area contributed by atoms with Crippen LogP contribution < -0.4 is 20.1 Å². The highest BCUT2D eigenvalue weighted by Gasteiger charge is 2.05. The van der Waals surface area contributed by atoms with Gasteiger partial charge in [0.1, 0.15) is 17.3 Å². The number of benzene rings is 1. The molecule has 0 saturated heterocycles. The third-order valence-electron chi connectivity index (χ3n) is 2.89. The van der Waals surface area contributed by atoms with Crippen LogP contribution in [0.15, 0.2) is 42.6 Å². The minimum Gasteiger partial charge on any atom is -0.497 e. The van der Waals surface area contributed by atoms with Crippen LogP contribution in [0.5, 0.6) is 11.5 Å². The number of hydrogen-bond acceptors (Lipinski definition) is 5. The molecule has 2 N–H and O–H groups in total. The van der Waals surface area contributed by atoms with Gasteiger partial charge in [-0.1, -0.05) is 6.07 Å². The van der Waals surface area contributed by atoms with Crippen LogP contribution >= 0.6 is 0 Å². The number of hydrogen-bond donors (Lipinski definition) is 2. The molecule has 0 fully saturated rings. The van der Waals surface area contributed by atoms with Crippen LogP contribution in [0.3, 0.4) is 0 Å². The summed E-state index contributed by atoms with van der Waals surface area (Å²) in [6.45, 7) is 3.99. The van der Waals surface area contributed by atoms with Crippen molar-refractivity contribution in [3.05, 3.63) is 42.6 Å². The maximum atomic E-state index is 11.9. The Hall–Kier alpha value is -2.76. The van der Waals surface area contributed by atoms with Crippen LogP contribution in [-0.2, 0) is 4.79 Å². The summed E-state index contributed by atoms with van der Waals surface area (Å²) in [5.74, 6) is 1.78. The molecule has 0 spiro atoms. The highest BCUT2D eigenvalue weighted by Crippen LogP contribution is 2.18. The van der Waals surface area contributed by atoms with Crippen molar-refractivity contribution in [2.45, 2.75) is 19.9 Å². The van der Waals surface area contributed by atoms with E-state index in [0.29, 0.717) is 23.2 Å². The average Bonchev–Trinajstić information content (AvgIpc) is 2.54. The number of nitrogens with one attached hydrogen (secondary N) is 2. The van der Waals surface area contributed by atoms with Crippen LogP contribution in [0.4, 0.5) is 11.5 Å². The zero-order valence-electron chi connectivity index (χ0n) is 13.5. The topological polar surface area (TPSA) is 72.5 Å². The standard InChI is InChI=1S/C17H21N3O3/c1-12(2)19-16-8-7-13(10-18-16)20-17(21)11-23-15-6-4-5-14(9-15)22-3/h4-10,12H,11H2,1-3H3,(H,18,19)(H,20,21). The van der Waals surface area contributed by atoms with E-state index in [9.17, 15) is 4.79 Å². The lowest BCUT2D eigenvalue weighted by Crippen LogP contribution is -2.20. The maximum absolute atomic E-state index is 11.9. The molecule has 0 aliphatic heterocycles. The van der Waals surface area contributed by atoms with Crippen molar-refractivity contribution in [3.63, 3.8) is 0 Å². The van der Waals surface area contributed by atoms with Crippen LogP contribution in [0, 0.1) is 0 Å². The fraction of sp³-hybridized carbons (Fsp3) is 0.294. The van der Waals surface area contributed by atoms with E-state index in [2.05, 4.69) is 15.6 Å². The maximum Gasteiger partial charge on any atom is 0.262 e. The Morgan fingerprint density at radius 2 is 2.00 bits per heavy atom. The summed E-state index contributed by atoms with van der Waals surface area (Å²) in [6, 6.07) is 11.0. The van der Waals surface area contributed by atoms with Gasteiger partial charge >= 0.3 is 0 Å². The number of rotatable bonds is 7. The molecule has 2 aromatic rings. The molecule has 0 atom stereocenters. The molecule has 0 radical (unpaired) electrons. The molecule has 6 heteroatoms. The highest BCUT2D eigenvalue weighted by atomic mass is 16.5. The molecule has 0 aliphatic rings. The molecule has 2 rings (SSSR count). The first-order valence-electron chi connectivity index (χ1n) is 7.36. The van der Waals surface area contributed by atoms with Gasteiger partial charge in [0.05, 0.1) is 19.0 Å². The number of aromatic nitrogens is 1. The second-order valence-corrected chi connectivity index (χ2v) is 5.25. The third-order valence-corrected chi connectivity index (χ3v) is 2.89. The van der Waals surface area contributed by atoms with Gasteiger partial charge in [0.25, 0.3) is 5.91 Å². The highest BCUT2D eigenvalue weighted by molar-refractivity contribution is 5.91. The average molecular weight is 315 g/mol. The number of pyridine rings is 1. The third kappa shape index (κ3) is 5.50. The number of anilines is 2. The first-order chi connectivity index (χ1) is 11.1. The Balaban J connectivity index is 1.84. The Morgan fingerprint density at radius 3 is 2.65 bits per heavy atom. The molecule has 0 bridgehead atoms. The van der Waals surface area contributed by atoms with Gasteiger partial charge in [0.15, 0.2) is 6.61 Å². The van der Waals surface area contributed by atoms with Crippen molar-refractivity contribution in [2.75, 3.05) is 24.4 Å². The Bertz CT molecular complexity index is 642. The van der Waals surface area contributed by atoms with Crippen LogP contribution in [-0.4, -0.2) is 30.6 Å². The van der Waals surface area contributed by atoms with Crippen LogP contribution in [0.25, 0.3) is 0 Å². The summed E-state index contributed by atoms with van der Waals surface area (Å²) >= 11 is 0. The van der Waals surface area contributed by atoms with Gasteiger partial charge in [0.2, 0.25) is 0 Å². The summed E-state index contributed by atoms with van der Waals surface area (Å²) in [5.41, 5.74) is 0.624. The van der Waals surface area contributed by atoms with Crippen LogP contribution in [0.2, 0.25) is 0 Å². The summed E-state index contributed by atoms with van der Waals surface area (Å²) < 4.78 is 10.5. The number of carbonyl (C=O) groups excluding carboxylic acids is 1. The van der Waals surface area contributed by atoms with Gasteiger partial charge < -0.3 is 20.1 Å². The monoisotopic (exact) mass is 315 g/mol. The molecule has 0 unspecified atom stereocenters. The zero-order chi connectivity index (χ0) is 16.7. The van der Waals surface area contributed by atoms with Crippen molar-refractivity contribution < 1.29 is 14.3 Å². The van der Waals surface area contributed by atoms with Gasteiger partial charge in [-0.3, -0.25) is 4.79 Å². The first kappa shape index (κ1) is 16.6. The van der Waals surface area contributed by atoms with E-state index in [1.165, 1.54) is 0 Å². The lowest BCUT2D eigenvalue weighted by atomic mass is 10.3. The molecular formula is C17H21N3O3. The summed E-state index contributed by atoms with van der Waals surface area (Å²) in [7, 11) is 1.58. The van der Waals surface area contributed by atoms with E-state index >= 15 is 0 Å². The van der Waals surface area contributed by atoms with Crippen molar-refractivity contribution in [3.8, 4) is 11.5 Å². The Labute approximate surface area is 135 Å². The van der Waals surface area contributed by atoms with E-state index < -0.39 is 0 Å². The molecule has 0 saturated carbocycles. The van der Waals surface area contributed by atoms with Gasteiger partial charge in [0, 0.05) is 12.1 Å². The molecule has 1 aromatic heterocycles. The number of ether oxygens (including phenoxy) is 2. The fourth-order valence-electron chi connectivity index (χ4n) is 1.89. The molecule has 1 aromatic carbocycles. The van der Waals surface area contributed by atoms with E-state index in [1.807, 2.05) is 26.0 Å². The summed E-state index contributed by atoms with van der Waals surface area (Å²) in [5, 5.41) is 5.92. The largest absolute Gasteiger partial charge is 0.497 e. The number of carbonyl (C=O) groups is 1. The van der Waals surface area contributed by atoms with E-state index in [0.717, 1.165) is 5.82 Å². The smallest absolute Gasteiger partial charge is 0.262 e. The lowest BCUT2D eigenvalue weighted by Gasteiger charge is -2.10. The molecule has 1 heterocycles. The Morgan fingerprint density at radius 1 is 1.22 bits per heavy atom. The second-order valence-electron chi connectivity index (χ2n) is 5.25. The number of methoxy groups -OCH3 is 1. The molecule has 0 aliphatic carbocycles. The van der Waals surface area contributed by atoms with Gasteiger partial charge in [-0.15, -0.1) is 0 Å². The minimum atomic E-state index is -0.251. The summed E-state index contributed by atoms with van der Waals surface area (Å²) in [6.07, 6.45) is 1.61. The first-order valence-corrected chi connectivity index (χ1v) is 7.36. The normalized spacial score (nSPS) is 10.3. The molecule has 122 valence electrons. The van der Waals surface area contributed by atoms with Gasteiger partial charge in [-0.25, -0.2) is 4.98 Å². The van der Waals surface area contributed by atoms with Crippen molar-refractivity contribution in [1.29, 1.82) is 0 Å². The quantitative estimate of drug-likeness (QED) is 0.822. The second kappa shape index (κ2) is 8.03. The Kier molecular flexibility index (Phi) is 5.80. The lowest BCUT2D eigenvalue weighted by molar-refractivity contribution is -0.118. The number of nitrogens with zero attached hydrogens (tertiary/aromatic N) is 1.